The van der Waals surface area contributed by atoms with Crippen molar-refractivity contribution in [3.05, 3.63) is 83.1 Å². The van der Waals surface area contributed by atoms with Crippen LogP contribution in [0.1, 0.15) is 47.7 Å². The molecule has 1 amide bonds. The fourth-order valence-corrected chi connectivity index (χ4v) is 4.18. The lowest BCUT2D eigenvalue weighted by molar-refractivity contribution is -0.124. The zero-order valence-electron chi connectivity index (χ0n) is 17.5. The minimum absolute atomic E-state index is 0.334. The molecule has 0 spiro atoms. The number of amides is 1. The Hall–Kier alpha value is -3.22. The largest absolute Gasteiger partial charge is 0.356 e. The van der Waals surface area contributed by atoms with Crippen LogP contribution in [0.4, 0.5) is 0 Å². The van der Waals surface area contributed by atoms with Gasteiger partial charge < -0.3 is 9.84 Å². The second-order valence-electron chi connectivity index (χ2n) is 7.95. The second kappa shape index (κ2) is 9.73. The fraction of sp³-hybridized carbons (Fsp3) is 0.280. The van der Waals surface area contributed by atoms with E-state index < -0.39 is 5.91 Å². The summed E-state index contributed by atoms with van der Waals surface area (Å²) in [7, 11) is 0. The molecule has 0 saturated carbocycles. The van der Waals surface area contributed by atoms with Crippen LogP contribution < -0.4 is 10.8 Å². The number of rotatable bonds is 7. The van der Waals surface area contributed by atoms with E-state index in [0.717, 1.165) is 48.3 Å². The maximum absolute atomic E-state index is 11.1. The molecule has 2 atom stereocenters. The van der Waals surface area contributed by atoms with Gasteiger partial charge in [0.15, 0.2) is 5.76 Å². The predicted molar refractivity (Wildman–Crippen MR) is 119 cm³/mol. The van der Waals surface area contributed by atoms with E-state index in [1.807, 2.05) is 37.3 Å². The molecule has 160 valence electrons. The minimum Gasteiger partial charge on any atom is -0.356 e. The predicted octanol–water partition coefficient (Wildman–Crippen LogP) is 4.59. The smallest absolute Gasteiger partial charge is 0.267 e. The number of nitrogens with one attached hydrogen (secondary N) is 2. The van der Waals surface area contributed by atoms with Gasteiger partial charge in [-0.2, -0.15) is 0 Å². The lowest BCUT2D eigenvalue weighted by Crippen LogP contribution is -2.24. The maximum Gasteiger partial charge on any atom is 0.267 e. The molecule has 0 radical (unpaired) electrons. The van der Waals surface area contributed by atoms with E-state index in [4.69, 9.17) is 9.73 Å². The maximum atomic E-state index is 11.1. The first-order valence-corrected chi connectivity index (χ1v) is 10.6. The quantitative estimate of drug-likeness (QED) is 0.297. The first-order chi connectivity index (χ1) is 15.1. The number of aromatic nitrogens is 1. The molecule has 0 aliphatic carbocycles. The third-order valence-corrected chi connectivity index (χ3v) is 5.88. The highest BCUT2D eigenvalue weighted by atomic mass is 16.5. The van der Waals surface area contributed by atoms with Gasteiger partial charge in [0, 0.05) is 29.3 Å². The number of hydrogen-bond acceptors (Lipinski definition) is 5. The summed E-state index contributed by atoms with van der Waals surface area (Å²) in [6.45, 7) is 2.01. The summed E-state index contributed by atoms with van der Waals surface area (Å²) in [6, 6.07) is 19.1. The van der Waals surface area contributed by atoms with Gasteiger partial charge >= 0.3 is 0 Å². The minimum atomic E-state index is -0.539. The molecule has 3 N–H and O–H groups in total. The summed E-state index contributed by atoms with van der Waals surface area (Å²) in [5, 5.41) is 16.5. The Morgan fingerprint density at radius 2 is 1.97 bits per heavy atom. The summed E-state index contributed by atoms with van der Waals surface area (Å²) < 4.78 is 5.63. The molecule has 1 fully saturated rings. The summed E-state index contributed by atoms with van der Waals surface area (Å²) in [6.07, 6.45) is 7.17. The van der Waals surface area contributed by atoms with Crippen molar-refractivity contribution in [1.82, 2.24) is 16.0 Å². The van der Waals surface area contributed by atoms with Gasteiger partial charge in [0.2, 0.25) is 0 Å². The molecule has 1 aromatic heterocycles. The molecule has 4 rings (SSSR count). The SMILES string of the molecule is Cc1noc(-c2ccccc2)c1CCC1CCC(c2ccc(/C=C/C(=O)NO)cc2)N1. The Kier molecular flexibility index (Phi) is 6.60. The Bertz CT molecular complexity index is 1040. The monoisotopic (exact) mass is 417 g/mol. The van der Waals surface area contributed by atoms with Crippen LogP contribution in [0.2, 0.25) is 0 Å². The number of hydrogen-bond donors (Lipinski definition) is 3. The number of carbonyl (C=O) groups excluding carboxylic acids is 1. The topological polar surface area (TPSA) is 87.4 Å². The highest BCUT2D eigenvalue weighted by Gasteiger charge is 2.25. The standard InChI is InChI=1S/C25H27N3O3/c1-17-22(25(31-28-17)20-5-3-2-4-6-20)14-12-21-13-15-23(26-21)19-10-7-18(8-11-19)9-16-24(29)27-30/h2-11,16,21,23,26,30H,12-15H2,1H3,(H,27,29)/b16-9+. The van der Waals surface area contributed by atoms with E-state index >= 15 is 0 Å². The lowest BCUT2D eigenvalue weighted by Gasteiger charge is -2.15. The van der Waals surface area contributed by atoms with E-state index in [0.29, 0.717) is 12.1 Å². The van der Waals surface area contributed by atoms with Gasteiger partial charge in [0.25, 0.3) is 5.91 Å². The molecule has 3 aromatic rings. The third-order valence-electron chi connectivity index (χ3n) is 5.88. The van der Waals surface area contributed by atoms with Crippen LogP contribution in [0.5, 0.6) is 0 Å². The van der Waals surface area contributed by atoms with Crippen LogP contribution >= 0.6 is 0 Å². The summed E-state index contributed by atoms with van der Waals surface area (Å²) in [5.74, 6) is 0.342. The van der Waals surface area contributed by atoms with E-state index in [-0.39, 0.29) is 0 Å². The van der Waals surface area contributed by atoms with Crippen molar-refractivity contribution < 1.29 is 14.5 Å². The number of carbonyl (C=O) groups is 1. The average molecular weight is 418 g/mol. The average Bonchev–Trinajstić information content (AvgIpc) is 3.43. The molecule has 2 unspecified atom stereocenters. The molecule has 31 heavy (non-hydrogen) atoms. The highest BCUT2D eigenvalue weighted by molar-refractivity contribution is 5.90. The molecule has 1 saturated heterocycles. The van der Waals surface area contributed by atoms with Crippen LogP contribution in [0.15, 0.2) is 65.2 Å². The normalized spacial score (nSPS) is 18.5. The van der Waals surface area contributed by atoms with Gasteiger partial charge in [-0.1, -0.05) is 59.8 Å². The fourth-order valence-electron chi connectivity index (χ4n) is 4.18. The van der Waals surface area contributed by atoms with Crippen molar-refractivity contribution in [2.24, 2.45) is 0 Å². The third kappa shape index (κ3) is 5.10. The van der Waals surface area contributed by atoms with Crippen LogP contribution in [-0.4, -0.2) is 22.3 Å². The Labute approximate surface area is 181 Å². The summed E-state index contributed by atoms with van der Waals surface area (Å²) >= 11 is 0. The van der Waals surface area contributed by atoms with Gasteiger partial charge in [-0.05, 0) is 49.8 Å². The zero-order valence-corrected chi connectivity index (χ0v) is 17.5. The Morgan fingerprint density at radius 1 is 1.19 bits per heavy atom. The molecular formula is C25H27N3O3. The van der Waals surface area contributed by atoms with Crippen LogP contribution in [-0.2, 0) is 11.2 Å². The van der Waals surface area contributed by atoms with Crippen molar-refractivity contribution in [1.29, 1.82) is 0 Å². The van der Waals surface area contributed by atoms with Crippen LogP contribution in [0.25, 0.3) is 17.4 Å². The first-order valence-electron chi connectivity index (χ1n) is 10.6. The van der Waals surface area contributed by atoms with E-state index in [1.165, 1.54) is 17.2 Å². The molecule has 2 aromatic carbocycles. The number of aryl methyl sites for hydroxylation is 1. The van der Waals surface area contributed by atoms with Crippen molar-refractivity contribution >= 4 is 12.0 Å². The summed E-state index contributed by atoms with van der Waals surface area (Å²) in [4.78, 5) is 11.1. The van der Waals surface area contributed by atoms with Gasteiger partial charge in [-0.15, -0.1) is 0 Å². The molecule has 1 aliphatic heterocycles. The van der Waals surface area contributed by atoms with Crippen LogP contribution in [0.3, 0.4) is 0 Å². The highest BCUT2D eigenvalue weighted by Crippen LogP contribution is 2.31. The van der Waals surface area contributed by atoms with Gasteiger partial charge in [-0.3, -0.25) is 10.0 Å². The van der Waals surface area contributed by atoms with Crippen molar-refractivity contribution in [3.63, 3.8) is 0 Å². The Morgan fingerprint density at radius 3 is 2.71 bits per heavy atom. The van der Waals surface area contributed by atoms with Crippen molar-refractivity contribution in [2.75, 3.05) is 0 Å². The first kappa shape index (κ1) is 21.0. The molecule has 6 nitrogen and oxygen atoms in total. The van der Waals surface area contributed by atoms with Crippen molar-refractivity contribution in [3.8, 4) is 11.3 Å². The van der Waals surface area contributed by atoms with E-state index in [1.54, 1.807) is 11.6 Å². The van der Waals surface area contributed by atoms with Gasteiger partial charge in [0.1, 0.15) is 0 Å². The lowest BCUT2D eigenvalue weighted by atomic mass is 9.99. The molecular weight excluding hydrogens is 390 g/mol. The zero-order chi connectivity index (χ0) is 21.6. The van der Waals surface area contributed by atoms with E-state index in [9.17, 15) is 4.79 Å². The molecule has 1 aliphatic rings. The van der Waals surface area contributed by atoms with Crippen molar-refractivity contribution in [2.45, 2.75) is 44.7 Å². The van der Waals surface area contributed by atoms with Gasteiger partial charge in [-0.25, -0.2) is 5.48 Å². The van der Waals surface area contributed by atoms with Gasteiger partial charge in [0.05, 0.1) is 5.69 Å². The number of hydroxylamine groups is 1. The molecule has 6 heteroatoms. The van der Waals surface area contributed by atoms with Crippen LogP contribution in [0, 0.1) is 6.92 Å². The second-order valence-corrected chi connectivity index (χ2v) is 7.95. The summed E-state index contributed by atoms with van der Waals surface area (Å²) in [5.41, 5.74) is 6.98. The molecule has 2 heterocycles. The number of benzene rings is 2. The molecule has 0 bridgehead atoms. The Balaban J connectivity index is 1.35. The number of nitrogens with zero attached hydrogens (tertiary/aromatic N) is 1. The van der Waals surface area contributed by atoms with E-state index in [2.05, 4.69) is 34.7 Å².